The number of hydrogen-bond acceptors (Lipinski definition) is 1. The Morgan fingerprint density at radius 1 is 1.47 bits per heavy atom. The quantitative estimate of drug-likeness (QED) is 0.454. The average Bonchev–Trinajstić information content (AvgIpc) is 2.23. The largest absolute Gasteiger partial charge is 0.370 e. The molecule has 0 aliphatic heterocycles. The van der Waals surface area contributed by atoms with Crippen LogP contribution in [-0.2, 0) is 6.54 Å². The first-order valence-electron chi connectivity index (χ1n) is 5.36. The van der Waals surface area contributed by atoms with Crippen molar-refractivity contribution >= 4 is 45.9 Å². The van der Waals surface area contributed by atoms with Crippen molar-refractivity contribution in [3.63, 3.8) is 0 Å². The molecule has 17 heavy (non-hydrogen) atoms. The van der Waals surface area contributed by atoms with Gasteiger partial charge in [-0.2, -0.15) is 0 Å². The van der Waals surface area contributed by atoms with Crippen molar-refractivity contribution in [2.24, 2.45) is 16.6 Å². The van der Waals surface area contributed by atoms with E-state index >= 15 is 0 Å². The first kappa shape index (κ1) is 16.7. The van der Waals surface area contributed by atoms with Gasteiger partial charge in [-0.05, 0) is 23.6 Å². The van der Waals surface area contributed by atoms with Crippen LogP contribution in [-0.4, -0.2) is 12.5 Å². The molecular formula is C12H19BrIN3. The van der Waals surface area contributed by atoms with Crippen molar-refractivity contribution in [2.45, 2.75) is 20.4 Å². The Labute approximate surface area is 128 Å². The Morgan fingerprint density at radius 3 is 2.76 bits per heavy atom. The highest BCUT2D eigenvalue weighted by Gasteiger charge is 1.96. The summed E-state index contributed by atoms with van der Waals surface area (Å²) < 4.78 is 1.06. The van der Waals surface area contributed by atoms with Gasteiger partial charge in [0.2, 0.25) is 0 Å². The van der Waals surface area contributed by atoms with Crippen LogP contribution in [0.4, 0.5) is 0 Å². The molecule has 0 spiro atoms. The molecule has 0 saturated heterocycles. The molecule has 0 saturated carbocycles. The number of nitrogens with two attached hydrogens (primary N) is 1. The summed E-state index contributed by atoms with van der Waals surface area (Å²) in [5, 5.41) is 3.08. The number of halogens is 2. The normalized spacial score (nSPS) is 11.2. The van der Waals surface area contributed by atoms with E-state index in [4.69, 9.17) is 5.73 Å². The molecule has 0 amide bonds. The molecule has 0 aliphatic rings. The standard InChI is InChI=1S/C12H18BrN3.HI/c1-9(2)7-15-12(14)16-8-10-4-3-5-11(13)6-10;/h3-6,9H,7-8H2,1-2H3,(H3,14,15,16);1H. The van der Waals surface area contributed by atoms with Gasteiger partial charge in [-0.3, -0.25) is 0 Å². The van der Waals surface area contributed by atoms with Crippen LogP contribution in [0.5, 0.6) is 0 Å². The van der Waals surface area contributed by atoms with Crippen molar-refractivity contribution in [1.29, 1.82) is 0 Å². The third-order valence-corrected chi connectivity index (χ3v) is 2.51. The van der Waals surface area contributed by atoms with Crippen molar-refractivity contribution in [2.75, 3.05) is 6.54 Å². The lowest BCUT2D eigenvalue weighted by Gasteiger charge is -2.07. The van der Waals surface area contributed by atoms with E-state index in [0.29, 0.717) is 18.4 Å². The number of rotatable bonds is 4. The van der Waals surface area contributed by atoms with Gasteiger partial charge in [-0.25, -0.2) is 4.99 Å². The number of nitrogens with zero attached hydrogens (tertiary/aromatic N) is 1. The van der Waals surface area contributed by atoms with Crippen LogP contribution in [0.2, 0.25) is 0 Å². The maximum Gasteiger partial charge on any atom is 0.188 e. The minimum Gasteiger partial charge on any atom is -0.370 e. The fraction of sp³-hybridized carbons (Fsp3) is 0.417. The molecule has 0 radical (unpaired) electrons. The predicted octanol–water partition coefficient (Wildman–Crippen LogP) is 3.13. The van der Waals surface area contributed by atoms with Crippen LogP contribution < -0.4 is 11.1 Å². The third-order valence-electron chi connectivity index (χ3n) is 2.01. The Hall–Kier alpha value is -0.300. The fourth-order valence-electron chi connectivity index (χ4n) is 1.18. The number of benzene rings is 1. The summed E-state index contributed by atoms with van der Waals surface area (Å²) in [5.41, 5.74) is 6.88. The number of aliphatic imine (C=N–C) groups is 1. The molecule has 96 valence electrons. The first-order valence-corrected chi connectivity index (χ1v) is 6.15. The molecule has 1 aromatic carbocycles. The Bertz CT molecular complexity index is 367. The molecule has 0 unspecified atom stereocenters. The molecule has 3 N–H and O–H groups in total. The third kappa shape index (κ3) is 7.59. The van der Waals surface area contributed by atoms with Gasteiger partial charge in [0.1, 0.15) is 0 Å². The SMILES string of the molecule is CC(C)CNC(N)=NCc1cccc(Br)c1.I. The highest BCUT2D eigenvalue weighted by Crippen LogP contribution is 2.12. The van der Waals surface area contributed by atoms with Crippen molar-refractivity contribution < 1.29 is 0 Å². The van der Waals surface area contributed by atoms with Crippen LogP contribution in [0.1, 0.15) is 19.4 Å². The van der Waals surface area contributed by atoms with Crippen molar-refractivity contribution in [3.05, 3.63) is 34.3 Å². The number of hydrogen-bond donors (Lipinski definition) is 2. The van der Waals surface area contributed by atoms with Gasteiger partial charge < -0.3 is 11.1 Å². The van der Waals surface area contributed by atoms with Crippen molar-refractivity contribution in [1.82, 2.24) is 5.32 Å². The lowest BCUT2D eigenvalue weighted by atomic mass is 10.2. The van der Waals surface area contributed by atoms with E-state index in [1.807, 2.05) is 24.3 Å². The lowest BCUT2D eigenvalue weighted by Crippen LogP contribution is -2.34. The molecule has 1 rings (SSSR count). The molecule has 1 aromatic rings. The van der Waals surface area contributed by atoms with Gasteiger partial charge in [-0.15, -0.1) is 24.0 Å². The molecule has 0 atom stereocenters. The van der Waals surface area contributed by atoms with Gasteiger partial charge in [0.15, 0.2) is 5.96 Å². The Kier molecular flexibility index (Phi) is 8.59. The van der Waals surface area contributed by atoms with E-state index in [9.17, 15) is 0 Å². The van der Waals surface area contributed by atoms with Gasteiger partial charge in [0.05, 0.1) is 6.54 Å². The second kappa shape index (κ2) is 8.74. The van der Waals surface area contributed by atoms with Gasteiger partial charge >= 0.3 is 0 Å². The van der Waals surface area contributed by atoms with Crippen LogP contribution >= 0.6 is 39.9 Å². The highest BCUT2D eigenvalue weighted by molar-refractivity contribution is 14.0. The minimum atomic E-state index is 0. The highest BCUT2D eigenvalue weighted by atomic mass is 127. The second-order valence-corrected chi connectivity index (χ2v) is 5.02. The van der Waals surface area contributed by atoms with E-state index in [2.05, 4.69) is 40.1 Å². The van der Waals surface area contributed by atoms with E-state index in [1.165, 1.54) is 0 Å². The maximum atomic E-state index is 5.74. The molecule has 0 bridgehead atoms. The van der Waals surface area contributed by atoms with Crippen LogP contribution in [0.15, 0.2) is 33.7 Å². The number of guanidine groups is 1. The molecule has 0 aliphatic carbocycles. The van der Waals surface area contributed by atoms with E-state index in [1.54, 1.807) is 0 Å². The van der Waals surface area contributed by atoms with E-state index in [0.717, 1.165) is 16.6 Å². The zero-order valence-corrected chi connectivity index (χ0v) is 14.0. The van der Waals surface area contributed by atoms with Gasteiger partial charge in [-0.1, -0.05) is 41.9 Å². The minimum absolute atomic E-state index is 0. The fourth-order valence-corrected chi connectivity index (χ4v) is 1.62. The Morgan fingerprint density at radius 2 is 2.18 bits per heavy atom. The predicted molar refractivity (Wildman–Crippen MR) is 87.7 cm³/mol. The summed E-state index contributed by atoms with van der Waals surface area (Å²) >= 11 is 3.42. The summed E-state index contributed by atoms with van der Waals surface area (Å²) in [5.74, 6) is 1.08. The Balaban J connectivity index is 0.00000256. The first-order chi connectivity index (χ1) is 7.58. The molecule has 5 heteroatoms. The zero-order valence-electron chi connectivity index (χ0n) is 10.1. The summed E-state index contributed by atoms with van der Waals surface area (Å²) in [4.78, 5) is 4.27. The summed E-state index contributed by atoms with van der Waals surface area (Å²) in [6.45, 7) is 5.73. The van der Waals surface area contributed by atoms with Crippen LogP contribution in [0.25, 0.3) is 0 Å². The maximum absolute atomic E-state index is 5.74. The van der Waals surface area contributed by atoms with Crippen LogP contribution in [0, 0.1) is 5.92 Å². The molecule has 0 heterocycles. The molecule has 3 nitrogen and oxygen atoms in total. The molecular weight excluding hydrogens is 393 g/mol. The average molecular weight is 412 g/mol. The van der Waals surface area contributed by atoms with Gasteiger partial charge in [0, 0.05) is 11.0 Å². The monoisotopic (exact) mass is 411 g/mol. The molecule has 0 aromatic heterocycles. The number of nitrogens with one attached hydrogen (secondary N) is 1. The topological polar surface area (TPSA) is 50.4 Å². The van der Waals surface area contributed by atoms with E-state index < -0.39 is 0 Å². The zero-order chi connectivity index (χ0) is 12.0. The van der Waals surface area contributed by atoms with Crippen molar-refractivity contribution in [3.8, 4) is 0 Å². The summed E-state index contributed by atoms with van der Waals surface area (Å²) in [7, 11) is 0. The smallest absolute Gasteiger partial charge is 0.188 e. The molecule has 0 fully saturated rings. The lowest BCUT2D eigenvalue weighted by molar-refractivity contribution is 0.622. The van der Waals surface area contributed by atoms with Crippen LogP contribution in [0.3, 0.4) is 0 Å². The summed E-state index contributed by atoms with van der Waals surface area (Å²) in [6, 6.07) is 8.06. The summed E-state index contributed by atoms with van der Waals surface area (Å²) in [6.07, 6.45) is 0. The van der Waals surface area contributed by atoms with Gasteiger partial charge in [0.25, 0.3) is 0 Å². The van der Waals surface area contributed by atoms with E-state index in [-0.39, 0.29) is 24.0 Å². The second-order valence-electron chi connectivity index (χ2n) is 4.11.